The molecule has 3 unspecified atom stereocenters. The normalized spacial score (nSPS) is 54.1. The monoisotopic (exact) mass is 470 g/mol. The standard InChI is InChI=1S/C30H46O4/c1-25(2)21-8-11-30(7)23(28(21,5)10-9-22(25)32)20(31)16-18-19-17-27(4,24(33)34)13-12-26(19,3)14-15-29(18,30)6/h16,19,21-23,32H,8-15,17H2,1-7H3,(H,33,34)/t19?,21?,22-,23?,26+,27-,28-,29+,30+/m0/s1. The summed E-state index contributed by atoms with van der Waals surface area (Å²) < 4.78 is 0. The van der Waals surface area contributed by atoms with Gasteiger partial charge in [-0.2, -0.15) is 0 Å². The molecule has 5 aliphatic carbocycles. The van der Waals surface area contributed by atoms with Crippen LogP contribution in [0.15, 0.2) is 11.6 Å². The molecule has 4 fully saturated rings. The Morgan fingerprint density at radius 2 is 1.56 bits per heavy atom. The molecular formula is C30H46O4. The number of carbonyl (C=O) groups excluding carboxylic acids is 1. The van der Waals surface area contributed by atoms with Crippen molar-refractivity contribution < 1.29 is 19.8 Å². The van der Waals surface area contributed by atoms with Gasteiger partial charge in [0.15, 0.2) is 5.78 Å². The molecule has 34 heavy (non-hydrogen) atoms. The number of hydrogen-bond donors (Lipinski definition) is 2. The van der Waals surface area contributed by atoms with Gasteiger partial charge in [-0.05, 0) is 110 Å². The minimum Gasteiger partial charge on any atom is -0.481 e. The van der Waals surface area contributed by atoms with Gasteiger partial charge in [-0.15, -0.1) is 0 Å². The molecule has 4 saturated carbocycles. The van der Waals surface area contributed by atoms with Gasteiger partial charge in [0.25, 0.3) is 0 Å². The van der Waals surface area contributed by atoms with Crippen molar-refractivity contribution in [1.82, 2.24) is 0 Å². The molecule has 4 heteroatoms. The Balaban J connectivity index is 1.62. The molecule has 0 spiro atoms. The Bertz CT molecular complexity index is 965. The average Bonchev–Trinajstić information content (AvgIpc) is 2.73. The number of fused-ring (bicyclic) bond motifs is 7. The summed E-state index contributed by atoms with van der Waals surface area (Å²) in [5.41, 5.74) is 0.142. The van der Waals surface area contributed by atoms with Crippen LogP contribution in [0.4, 0.5) is 0 Å². The first-order valence-corrected chi connectivity index (χ1v) is 13.7. The predicted octanol–water partition coefficient (Wildman–Crippen LogP) is 6.41. The van der Waals surface area contributed by atoms with Gasteiger partial charge in [-0.1, -0.05) is 47.1 Å². The molecule has 0 aromatic rings. The van der Waals surface area contributed by atoms with E-state index in [1.54, 1.807) is 0 Å². The lowest BCUT2D eigenvalue weighted by Crippen LogP contribution is -2.66. The summed E-state index contributed by atoms with van der Waals surface area (Å²) in [5.74, 6) is 0.0603. The summed E-state index contributed by atoms with van der Waals surface area (Å²) in [7, 11) is 0. The highest BCUT2D eigenvalue weighted by Crippen LogP contribution is 2.75. The second kappa shape index (κ2) is 6.99. The number of carbonyl (C=O) groups is 2. The van der Waals surface area contributed by atoms with Gasteiger partial charge in [0.2, 0.25) is 0 Å². The number of aliphatic carboxylic acids is 1. The molecule has 4 nitrogen and oxygen atoms in total. The van der Waals surface area contributed by atoms with Crippen molar-refractivity contribution in [2.75, 3.05) is 0 Å². The summed E-state index contributed by atoms with van der Waals surface area (Å²) >= 11 is 0. The van der Waals surface area contributed by atoms with E-state index < -0.39 is 11.4 Å². The Kier molecular flexibility index (Phi) is 5.04. The van der Waals surface area contributed by atoms with Gasteiger partial charge < -0.3 is 10.2 Å². The Morgan fingerprint density at radius 1 is 0.912 bits per heavy atom. The third-order valence-electron chi connectivity index (χ3n) is 13.1. The van der Waals surface area contributed by atoms with E-state index in [9.17, 15) is 19.8 Å². The van der Waals surface area contributed by atoms with Gasteiger partial charge in [0, 0.05) is 5.92 Å². The van der Waals surface area contributed by atoms with Gasteiger partial charge in [-0.3, -0.25) is 9.59 Å². The minimum atomic E-state index is -0.711. The highest BCUT2D eigenvalue weighted by molar-refractivity contribution is 5.95. The number of rotatable bonds is 1. The second-order valence-corrected chi connectivity index (χ2v) is 14.9. The van der Waals surface area contributed by atoms with Gasteiger partial charge in [-0.25, -0.2) is 0 Å². The van der Waals surface area contributed by atoms with Crippen molar-refractivity contribution in [1.29, 1.82) is 0 Å². The van der Waals surface area contributed by atoms with Crippen molar-refractivity contribution in [2.45, 2.75) is 112 Å². The maximum atomic E-state index is 14.2. The highest BCUT2D eigenvalue weighted by atomic mass is 16.4. The summed E-state index contributed by atoms with van der Waals surface area (Å²) in [4.78, 5) is 26.4. The smallest absolute Gasteiger partial charge is 0.309 e. The van der Waals surface area contributed by atoms with Gasteiger partial charge in [0.05, 0.1) is 11.5 Å². The SMILES string of the molecule is CC1(C)C2CC[C@]3(C)C(C(=O)C=C4C5C[C@@](C)(C(=O)O)CC[C@]5(C)CC[C@]43C)[C@@]2(C)CC[C@@H]1O. The lowest BCUT2D eigenvalue weighted by atomic mass is 9.33. The highest BCUT2D eigenvalue weighted by Gasteiger charge is 2.70. The van der Waals surface area contributed by atoms with Crippen molar-refractivity contribution in [3.05, 3.63) is 11.6 Å². The predicted molar refractivity (Wildman–Crippen MR) is 133 cm³/mol. The molecule has 0 bridgehead atoms. The third kappa shape index (κ3) is 2.81. The second-order valence-electron chi connectivity index (χ2n) is 14.9. The minimum absolute atomic E-state index is 0.0296. The van der Waals surface area contributed by atoms with Gasteiger partial charge >= 0.3 is 5.97 Å². The van der Waals surface area contributed by atoms with Crippen LogP contribution in [0.25, 0.3) is 0 Å². The molecule has 0 aromatic heterocycles. The zero-order valence-electron chi connectivity index (χ0n) is 22.5. The maximum Gasteiger partial charge on any atom is 0.309 e. The quantitative estimate of drug-likeness (QED) is 0.464. The zero-order chi connectivity index (χ0) is 25.1. The van der Waals surface area contributed by atoms with E-state index in [1.807, 2.05) is 13.0 Å². The fourth-order valence-corrected chi connectivity index (χ4v) is 10.4. The molecule has 5 rings (SSSR count). The molecule has 190 valence electrons. The largest absolute Gasteiger partial charge is 0.481 e. The molecular weight excluding hydrogens is 424 g/mol. The van der Waals surface area contributed by atoms with E-state index in [4.69, 9.17) is 0 Å². The Morgan fingerprint density at radius 3 is 2.21 bits per heavy atom. The van der Waals surface area contributed by atoms with Gasteiger partial charge in [0.1, 0.15) is 0 Å². The topological polar surface area (TPSA) is 74.6 Å². The van der Waals surface area contributed by atoms with Crippen LogP contribution < -0.4 is 0 Å². The van der Waals surface area contributed by atoms with E-state index in [0.29, 0.717) is 12.3 Å². The number of aliphatic hydroxyl groups is 1. The van der Waals surface area contributed by atoms with Crippen molar-refractivity contribution in [3.8, 4) is 0 Å². The van der Waals surface area contributed by atoms with E-state index in [1.165, 1.54) is 5.57 Å². The lowest BCUT2D eigenvalue weighted by Gasteiger charge is -2.70. The van der Waals surface area contributed by atoms with Crippen LogP contribution >= 0.6 is 0 Å². The lowest BCUT2D eigenvalue weighted by molar-refractivity contribution is -0.202. The van der Waals surface area contributed by atoms with Crippen LogP contribution in [0, 0.1) is 50.2 Å². The van der Waals surface area contributed by atoms with Crippen LogP contribution in [-0.4, -0.2) is 28.1 Å². The fourth-order valence-electron chi connectivity index (χ4n) is 10.4. The van der Waals surface area contributed by atoms with Crippen LogP contribution in [-0.2, 0) is 9.59 Å². The Labute approximate surface area is 206 Å². The number of hydrogen-bond acceptors (Lipinski definition) is 3. The van der Waals surface area contributed by atoms with E-state index in [-0.39, 0.29) is 50.8 Å². The van der Waals surface area contributed by atoms with Crippen LogP contribution in [0.5, 0.6) is 0 Å². The molecule has 0 amide bonds. The average molecular weight is 471 g/mol. The van der Waals surface area contributed by atoms with E-state index in [2.05, 4.69) is 41.5 Å². The van der Waals surface area contributed by atoms with Crippen molar-refractivity contribution in [2.24, 2.45) is 50.2 Å². The molecule has 2 N–H and O–H groups in total. The number of carboxylic acids is 1. The molecule has 0 aliphatic heterocycles. The molecule has 0 radical (unpaired) electrons. The number of aliphatic hydroxyl groups excluding tert-OH is 1. The number of ketones is 1. The fraction of sp³-hybridized carbons (Fsp3) is 0.867. The molecule has 9 atom stereocenters. The molecule has 0 heterocycles. The first-order chi connectivity index (χ1) is 15.6. The number of allylic oxidation sites excluding steroid dienone is 2. The molecule has 0 saturated heterocycles. The van der Waals surface area contributed by atoms with Crippen molar-refractivity contribution in [3.63, 3.8) is 0 Å². The van der Waals surface area contributed by atoms with Crippen LogP contribution in [0.2, 0.25) is 0 Å². The Hall–Kier alpha value is -1.16. The van der Waals surface area contributed by atoms with Crippen LogP contribution in [0.3, 0.4) is 0 Å². The molecule has 5 aliphatic rings. The first kappa shape index (κ1) is 24.5. The third-order valence-corrected chi connectivity index (χ3v) is 13.1. The van der Waals surface area contributed by atoms with E-state index in [0.717, 1.165) is 51.4 Å². The first-order valence-electron chi connectivity index (χ1n) is 13.7. The summed E-state index contributed by atoms with van der Waals surface area (Å²) in [6, 6.07) is 0. The summed E-state index contributed by atoms with van der Waals surface area (Å²) in [6.07, 6.45) is 9.95. The van der Waals surface area contributed by atoms with Crippen molar-refractivity contribution >= 4 is 11.8 Å². The summed E-state index contributed by atoms with van der Waals surface area (Å²) in [5, 5.41) is 20.9. The maximum absolute atomic E-state index is 14.2. The zero-order valence-corrected chi connectivity index (χ0v) is 22.5. The van der Waals surface area contributed by atoms with Crippen LogP contribution in [0.1, 0.15) is 106 Å². The summed E-state index contributed by atoms with van der Waals surface area (Å²) in [6.45, 7) is 15.8. The molecule has 0 aromatic carbocycles. The number of carboxylic acid groups (broad SMARTS) is 1. The van der Waals surface area contributed by atoms with E-state index >= 15 is 0 Å².